The van der Waals surface area contributed by atoms with Gasteiger partial charge in [0.15, 0.2) is 0 Å². The Hall–Kier alpha value is -1.66. The molecular weight excluding hydrogens is 286 g/mol. The Kier molecular flexibility index (Phi) is 4.07. The van der Waals surface area contributed by atoms with E-state index in [-0.39, 0.29) is 6.03 Å². The van der Waals surface area contributed by atoms with E-state index in [1.54, 1.807) is 11.3 Å². The van der Waals surface area contributed by atoms with E-state index < -0.39 is 5.60 Å². The number of amides is 2. The lowest BCUT2D eigenvalue weighted by atomic mass is 10.0. The molecule has 21 heavy (non-hydrogen) atoms. The molecule has 2 amide bonds. The molecule has 0 radical (unpaired) electrons. The molecule has 1 aromatic heterocycles. The van der Waals surface area contributed by atoms with Gasteiger partial charge in [-0.1, -0.05) is 25.0 Å². The standard InChI is InChI=1S/C15H19N3O2S/c19-14(17-10-15(20)7-3-4-8-15)16-9-13-18-11-5-1-2-6-12(11)21-13/h1-2,5-6,20H,3-4,7-10H2,(H2,16,17,19). The van der Waals surface area contributed by atoms with Crippen molar-refractivity contribution >= 4 is 27.6 Å². The molecule has 1 fully saturated rings. The number of thiazole rings is 1. The van der Waals surface area contributed by atoms with Crippen molar-refractivity contribution in [1.82, 2.24) is 15.6 Å². The van der Waals surface area contributed by atoms with E-state index in [1.807, 2.05) is 24.3 Å². The first kappa shape index (κ1) is 14.3. The van der Waals surface area contributed by atoms with Crippen LogP contribution in [0.4, 0.5) is 4.79 Å². The summed E-state index contributed by atoms with van der Waals surface area (Å²) in [4.78, 5) is 16.2. The summed E-state index contributed by atoms with van der Waals surface area (Å²) in [5.41, 5.74) is 0.243. The van der Waals surface area contributed by atoms with Gasteiger partial charge in [0.25, 0.3) is 0 Å². The minimum atomic E-state index is -0.715. The molecule has 3 rings (SSSR count). The maximum atomic E-state index is 11.8. The number of fused-ring (bicyclic) bond motifs is 1. The molecule has 0 spiro atoms. The third kappa shape index (κ3) is 3.51. The van der Waals surface area contributed by atoms with Gasteiger partial charge in [-0.3, -0.25) is 0 Å². The molecule has 0 atom stereocenters. The number of carbonyl (C=O) groups excluding carboxylic acids is 1. The molecule has 1 aliphatic carbocycles. The summed E-state index contributed by atoms with van der Waals surface area (Å²) in [5.74, 6) is 0. The normalized spacial score (nSPS) is 17.0. The second kappa shape index (κ2) is 5.99. The number of rotatable bonds is 4. The van der Waals surface area contributed by atoms with Crippen LogP contribution < -0.4 is 10.6 Å². The highest BCUT2D eigenvalue weighted by atomic mass is 32.1. The van der Waals surface area contributed by atoms with Crippen LogP contribution in [0.2, 0.25) is 0 Å². The van der Waals surface area contributed by atoms with Crippen LogP contribution in [-0.2, 0) is 6.54 Å². The van der Waals surface area contributed by atoms with Crippen LogP contribution in [0.1, 0.15) is 30.7 Å². The molecule has 3 N–H and O–H groups in total. The number of para-hydroxylation sites is 1. The number of urea groups is 1. The SMILES string of the molecule is O=C(NCc1nc2ccccc2s1)NCC1(O)CCCC1. The van der Waals surface area contributed by atoms with Crippen molar-refractivity contribution in [2.45, 2.75) is 37.8 Å². The molecule has 0 aliphatic heterocycles. The van der Waals surface area contributed by atoms with E-state index in [0.717, 1.165) is 40.9 Å². The first-order chi connectivity index (χ1) is 10.1. The van der Waals surface area contributed by atoms with Crippen LogP contribution in [0.15, 0.2) is 24.3 Å². The molecule has 1 heterocycles. The lowest BCUT2D eigenvalue weighted by Gasteiger charge is -2.22. The van der Waals surface area contributed by atoms with Gasteiger partial charge in [0.05, 0.1) is 22.4 Å². The summed E-state index contributed by atoms with van der Waals surface area (Å²) < 4.78 is 1.12. The number of hydrogen-bond acceptors (Lipinski definition) is 4. The van der Waals surface area contributed by atoms with Crippen molar-refractivity contribution in [1.29, 1.82) is 0 Å². The number of aromatic nitrogens is 1. The van der Waals surface area contributed by atoms with Crippen LogP contribution in [0, 0.1) is 0 Å². The Bertz CT molecular complexity index is 602. The van der Waals surface area contributed by atoms with Crippen molar-refractivity contribution < 1.29 is 9.90 Å². The molecule has 0 unspecified atom stereocenters. The number of aliphatic hydroxyl groups is 1. The molecule has 1 aromatic carbocycles. The molecule has 6 heteroatoms. The zero-order chi connectivity index (χ0) is 14.7. The molecule has 0 bridgehead atoms. The average molecular weight is 305 g/mol. The zero-order valence-electron chi connectivity index (χ0n) is 11.8. The maximum Gasteiger partial charge on any atom is 0.315 e. The Labute approximate surface area is 127 Å². The highest BCUT2D eigenvalue weighted by molar-refractivity contribution is 7.18. The average Bonchev–Trinajstić information content (AvgIpc) is 3.09. The predicted octanol–water partition coefficient (Wildman–Crippen LogP) is 2.40. The summed E-state index contributed by atoms with van der Waals surface area (Å²) >= 11 is 1.58. The second-order valence-corrected chi connectivity index (χ2v) is 6.66. The monoisotopic (exact) mass is 305 g/mol. The van der Waals surface area contributed by atoms with E-state index >= 15 is 0 Å². The third-order valence-electron chi connectivity index (χ3n) is 3.85. The molecule has 5 nitrogen and oxygen atoms in total. The van der Waals surface area contributed by atoms with Gasteiger partial charge in [-0.15, -0.1) is 11.3 Å². The first-order valence-corrected chi connectivity index (χ1v) is 8.05. The fraction of sp³-hybridized carbons (Fsp3) is 0.467. The summed E-state index contributed by atoms with van der Waals surface area (Å²) in [6, 6.07) is 7.66. The molecular formula is C15H19N3O2S. The molecule has 0 saturated heterocycles. The van der Waals surface area contributed by atoms with E-state index in [0.29, 0.717) is 13.1 Å². The number of nitrogens with zero attached hydrogens (tertiary/aromatic N) is 1. The van der Waals surface area contributed by atoms with Crippen molar-refractivity contribution in [3.05, 3.63) is 29.3 Å². The van der Waals surface area contributed by atoms with Crippen molar-refractivity contribution in [3.8, 4) is 0 Å². The number of hydrogen-bond donors (Lipinski definition) is 3. The van der Waals surface area contributed by atoms with Gasteiger partial charge >= 0.3 is 6.03 Å². The van der Waals surface area contributed by atoms with Crippen LogP contribution in [0.5, 0.6) is 0 Å². The van der Waals surface area contributed by atoms with Crippen LogP contribution >= 0.6 is 11.3 Å². The van der Waals surface area contributed by atoms with Gasteiger partial charge in [0.2, 0.25) is 0 Å². The maximum absolute atomic E-state index is 11.8. The summed E-state index contributed by atoms with van der Waals surface area (Å²) in [5, 5.41) is 16.6. The number of carbonyl (C=O) groups is 1. The van der Waals surface area contributed by atoms with E-state index in [9.17, 15) is 9.90 Å². The van der Waals surface area contributed by atoms with Crippen molar-refractivity contribution in [2.24, 2.45) is 0 Å². The molecule has 112 valence electrons. The van der Waals surface area contributed by atoms with Crippen molar-refractivity contribution in [2.75, 3.05) is 6.54 Å². The Balaban J connectivity index is 1.49. The third-order valence-corrected chi connectivity index (χ3v) is 4.89. The van der Waals surface area contributed by atoms with Crippen molar-refractivity contribution in [3.63, 3.8) is 0 Å². The van der Waals surface area contributed by atoms with Gasteiger partial charge in [0.1, 0.15) is 5.01 Å². The van der Waals surface area contributed by atoms with Crippen LogP contribution in [0.25, 0.3) is 10.2 Å². The topological polar surface area (TPSA) is 74.2 Å². The minimum Gasteiger partial charge on any atom is -0.388 e. The summed E-state index contributed by atoms with van der Waals surface area (Å²) in [6.07, 6.45) is 3.60. The predicted molar refractivity (Wildman–Crippen MR) is 83.3 cm³/mol. The Morgan fingerprint density at radius 3 is 2.81 bits per heavy atom. The lowest BCUT2D eigenvalue weighted by Crippen LogP contribution is -2.44. The minimum absolute atomic E-state index is 0.255. The summed E-state index contributed by atoms with van der Waals surface area (Å²) in [6.45, 7) is 0.724. The quantitative estimate of drug-likeness (QED) is 0.812. The first-order valence-electron chi connectivity index (χ1n) is 7.23. The van der Waals surface area contributed by atoms with Crippen LogP contribution in [-0.4, -0.2) is 28.3 Å². The van der Waals surface area contributed by atoms with Gasteiger partial charge in [0, 0.05) is 6.54 Å². The van der Waals surface area contributed by atoms with Gasteiger partial charge < -0.3 is 15.7 Å². The van der Waals surface area contributed by atoms with Gasteiger partial charge in [-0.05, 0) is 25.0 Å². The smallest absolute Gasteiger partial charge is 0.315 e. The zero-order valence-corrected chi connectivity index (χ0v) is 12.6. The van der Waals surface area contributed by atoms with Gasteiger partial charge in [-0.25, -0.2) is 9.78 Å². The molecule has 1 saturated carbocycles. The Morgan fingerprint density at radius 1 is 1.29 bits per heavy atom. The highest BCUT2D eigenvalue weighted by Crippen LogP contribution is 2.28. The van der Waals surface area contributed by atoms with E-state index in [4.69, 9.17) is 0 Å². The van der Waals surface area contributed by atoms with E-state index in [2.05, 4.69) is 15.6 Å². The summed E-state index contributed by atoms with van der Waals surface area (Å²) in [7, 11) is 0. The van der Waals surface area contributed by atoms with E-state index in [1.165, 1.54) is 0 Å². The second-order valence-electron chi connectivity index (χ2n) is 5.54. The molecule has 1 aliphatic rings. The number of nitrogens with one attached hydrogen (secondary N) is 2. The van der Waals surface area contributed by atoms with Crippen LogP contribution in [0.3, 0.4) is 0 Å². The largest absolute Gasteiger partial charge is 0.388 e. The lowest BCUT2D eigenvalue weighted by molar-refractivity contribution is 0.0501. The van der Waals surface area contributed by atoms with Gasteiger partial charge in [-0.2, -0.15) is 0 Å². The fourth-order valence-corrected chi connectivity index (χ4v) is 3.58. The fourth-order valence-electron chi connectivity index (χ4n) is 2.67. The Morgan fingerprint density at radius 2 is 2.05 bits per heavy atom. The molecule has 2 aromatic rings. The highest BCUT2D eigenvalue weighted by Gasteiger charge is 2.31. The number of benzene rings is 1.